The molecule has 0 spiro atoms. The number of benzene rings is 1. The first kappa shape index (κ1) is 13.5. The molecule has 1 amide bonds. The summed E-state index contributed by atoms with van der Waals surface area (Å²) >= 11 is 3.58. The maximum absolute atomic E-state index is 12.3. The number of halogens is 1. The Hall–Kier alpha value is -1.48. The van der Waals surface area contributed by atoms with Crippen LogP contribution in [-0.4, -0.2) is 20.5 Å². The molecular formula is C13H11IN4OS. The van der Waals surface area contributed by atoms with Gasteiger partial charge < -0.3 is 5.32 Å². The monoisotopic (exact) mass is 398 g/mol. The number of nitrogens with one attached hydrogen (secondary N) is 1. The zero-order chi connectivity index (χ0) is 14.3. The molecule has 7 heteroatoms. The van der Waals surface area contributed by atoms with Gasteiger partial charge in [0, 0.05) is 15.0 Å². The standard InChI is InChI=1S/C13H11IN4OS/c1-7-11(20-13-17-16-8(2)18(7)13)12(19)15-10-5-3-9(14)4-6-10/h3-6H,1-2H3,(H,15,19). The molecule has 0 saturated heterocycles. The van der Waals surface area contributed by atoms with Crippen LogP contribution in [0.3, 0.4) is 0 Å². The lowest BCUT2D eigenvalue weighted by Crippen LogP contribution is -2.12. The Bertz CT molecular complexity index is 791. The van der Waals surface area contributed by atoms with Crippen molar-refractivity contribution in [3.05, 3.63) is 44.2 Å². The van der Waals surface area contributed by atoms with Crippen molar-refractivity contribution in [2.75, 3.05) is 5.32 Å². The molecule has 0 atom stereocenters. The number of hydrogen-bond acceptors (Lipinski definition) is 4. The minimum absolute atomic E-state index is 0.112. The fourth-order valence-electron chi connectivity index (χ4n) is 1.99. The van der Waals surface area contributed by atoms with Gasteiger partial charge in [-0.1, -0.05) is 11.3 Å². The zero-order valence-corrected chi connectivity index (χ0v) is 13.8. The van der Waals surface area contributed by atoms with E-state index in [-0.39, 0.29) is 5.91 Å². The van der Waals surface area contributed by atoms with Crippen molar-refractivity contribution in [1.82, 2.24) is 14.6 Å². The lowest BCUT2D eigenvalue weighted by molar-refractivity contribution is 0.102. The van der Waals surface area contributed by atoms with Crippen LogP contribution < -0.4 is 5.32 Å². The van der Waals surface area contributed by atoms with E-state index in [4.69, 9.17) is 0 Å². The van der Waals surface area contributed by atoms with Crippen molar-refractivity contribution in [3.8, 4) is 0 Å². The van der Waals surface area contributed by atoms with Gasteiger partial charge in [0.2, 0.25) is 4.96 Å². The highest BCUT2D eigenvalue weighted by molar-refractivity contribution is 14.1. The molecule has 2 heterocycles. The lowest BCUT2D eigenvalue weighted by Gasteiger charge is -2.04. The normalized spacial score (nSPS) is 10.9. The number of fused-ring (bicyclic) bond motifs is 1. The Kier molecular flexibility index (Phi) is 3.47. The van der Waals surface area contributed by atoms with E-state index in [2.05, 4.69) is 38.1 Å². The van der Waals surface area contributed by atoms with Gasteiger partial charge in [-0.05, 0) is 60.7 Å². The van der Waals surface area contributed by atoms with E-state index in [1.165, 1.54) is 11.3 Å². The van der Waals surface area contributed by atoms with Crippen molar-refractivity contribution in [3.63, 3.8) is 0 Å². The quantitative estimate of drug-likeness (QED) is 0.675. The highest BCUT2D eigenvalue weighted by atomic mass is 127. The molecule has 0 aliphatic heterocycles. The number of thiazole rings is 1. The van der Waals surface area contributed by atoms with Gasteiger partial charge in [-0.3, -0.25) is 9.20 Å². The van der Waals surface area contributed by atoms with Gasteiger partial charge in [-0.25, -0.2) is 0 Å². The molecule has 2 aromatic heterocycles. The van der Waals surface area contributed by atoms with Gasteiger partial charge in [0.15, 0.2) is 0 Å². The minimum Gasteiger partial charge on any atom is -0.321 e. The second kappa shape index (κ2) is 5.13. The van der Waals surface area contributed by atoms with Crippen LogP contribution in [0.15, 0.2) is 24.3 Å². The second-order valence-electron chi connectivity index (χ2n) is 4.34. The molecule has 1 N–H and O–H groups in total. The maximum atomic E-state index is 12.3. The number of aryl methyl sites for hydroxylation is 2. The Labute approximate surface area is 133 Å². The van der Waals surface area contributed by atoms with E-state index >= 15 is 0 Å². The molecule has 3 rings (SSSR count). The summed E-state index contributed by atoms with van der Waals surface area (Å²) in [7, 11) is 0. The van der Waals surface area contributed by atoms with Crippen LogP contribution in [-0.2, 0) is 0 Å². The molecule has 1 aromatic carbocycles. The number of nitrogens with zero attached hydrogens (tertiary/aromatic N) is 3. The Morgan fingerprint density at radius 3 is 2.60 bits per heavy atom. The van der Waals surface area contributed by atoms with Crippen LogP contribution >= 0.6 is 33.9 Å². The third kappa shape index (κ3) is 2.31. The van der Waals surface area contributed by atoms with Crippen molar-refractivity contribution in [1.29, 1.82) is 0 Å². The first-order chi connectivity index (χ1) is 9.56. The number of amides is 1. The van der Waals surface area contributed by atoms with Crippen LogP contribution in [0, 0.1) is 17.4 Å². The SMILES string of the molecule is Cc1nnc2sc(C(=O)Nc3ccc(I)cc3)c(C)n12. The molecule has 3 aromatic rings. The summed E-state index contributed by atoms with van der Waals surface area (Å²) in [6.45, 7) is 3.78. The first-order valence-electron chi connectivity index (χ1n) is 5.94. The maximum Gasteiger partial charge on any atom is 0.267 e. The molecule has 0 aliphatic carbocycles. The number of rotatable bonds is 2. The summed E-state index contributed by atoms with van der Waals surface area (Å²) in [5, 5.41) is 11.0. The van der Waals surface area contributed by atoms with E-state index in [1.807, 2.05) is 42.5 Å². The largest absolute Gasteiger partial charge is 0.321 e. The molecule has 0 saturated carbocycles. The highest BCUT2D eigenvalue weighted by Crippen LogP contribution is 2.23. The second-order valence-corrected chi connectivity index (χ2v) is 6.57. The number of aromatic nitrogens is 3. The number of carbonyl (C=O) groups excluding carboxylic acids is 1. The summed E-state index contributed by atoms with van der Waals surface area (Å²) in [6.07, 6.45) is 0. The van der Waals surface area contributed by atoms with E-state index < -0.39 is 0 Å². The van der Waals surface area contributed by atoms with Crippen LogP contribution in [0.2, 0.25) is 0 Å². The average Bonchev–Trinajstić information content (AvgIpc) is 2.94. The molecule has 0 radical (unpaired) electrons. The summed E-state index contributed by atoms with van der Waals surface area (Å²) in [4.78, 5) is 13.7. The number of hydrogen-bond donors (Lipinski definition) is 1. The lowest BCUT2D eigenvalue weighted by atomic mass is 10.3. The van der Waals surface area contributed by atoms with Crippen LogP contribution in [0.4, 0.5) is 5.69 Å². The first-order valence-corrected chi connectivity index (χ1v) is 7.84. The van der Waals surface area contributed by atoms with Gasteiger partial charge in [-0.2, -0.15) is 0 Å². The Morgan fingerprint density at radius 2 is 1.95 bits per heavy atom. The summed E-state index contributed by atoms with van der Waals surface area (Å²) in [5.41, 5.74) is 1.66. The van der Waals surface area contributed by atoms with Crippen LogP contribution in [0.5, 0.6) is 0 Å². The van der Waals surface area contributed by atoms with Gasteiger partial charge in [0.1, 0.15) is 10.7 Å². The average molecular weight is 398 g/mol. The molecule has 20 heavy (non-hydrogen) atoms. The fraction of sp³-hybridized carbons (Fsp3) is 0.154. The van der Waals surface area contributed by atoms with E-state index in [0.717, 1.165) is 25.7 Å². The third-order valence-corrected chi connectivity index (χ3v) is 4.81. The molecule has 102 valence electrons. The van der Waals surface area contributed by atoms with Crippen LogP contribution in [0.25, 0.3) is 4.96 Å². The predicted molar refractivity (Wildman–Crippen MR) is 87.5 cm³/mol. The van der Waals surface area contributed by atoms with Gasteiger partial charge in [0.05, 0.1) is 0 Å². The minimum atomic E-state index is -0.112. The van der Waals surface area contributed by atoms with Crippen molar-refractivity contribution >= 4 is 50.5 Å². The highest BCUT2D eigenvalue weighted by Gasteiger charge is 2.18. The molecule has 5 nitrogen and oxygen atoms in total. The van der Waals surface area contributed by atoms with Crippen molar-refractivity contribution in [2.24, 2.45) is 0 Å². The van der Waals surface area contributed by atoms with E-state index in [0.29, 0.717) is 4.88 Å². The van der Waals surface area contributed by atoms with E-state index in [9.17, 15) is 4.79 Å². The molecular weight excluding hydrogens is 387 g/mol. The summed E-state index contributed by atoms with van der Waals surface area (Å²) < 4.78 is 3.03. The van der Waals surface area contributed by atoms with E-state index in [1.54, 1.807) is 0 Å². The van der Waals surface area contributed by atoms with Gasteiger partial charge in [-0.15, -0.1) is 10.2 Å². The smallest absolute Gasteiger partial charge is 0.267 e. The number of carbonyl (C=O) groups is 1. The Morgan fingerprint density at radius 1 is 1.25 bits per heavy atom. The zero-order valence-electron chi connectivity index (χ0n) is 10.8. The van der Waals surface area contributed by atoms with Gasteiger partial charge >= 0.3 is 0 Å². The van der Waals surface area contributed by atoms with Crippen molar-refractivity contribution < 1.29 is 4.79 Å². The fourth-order valence-corrected chi connectivity index (χ4v) is 3.36. The number of anilines is 1. The third-order valence-electron chi connectivity index (χ3n) is 2.96. The topological polar surface area (TPSA) is 59.3 Å². The summed E-state index contributed by atoms with van der Waals surface area (Å²) in [6, 6.07) is 7.69. The summed E-state index contributed by atoms with van der Waals surface area (Å²) in [5.74, 6) is 0.681. The molecule has 0 aliphatic rings. The molecule has 0 unspecified atom stereocenters. The molecule has 0 fully saturated rings. The van der Waals surface area contributed by atoms with Gasteiger partial charge in [0.25, 0.3) is 5.91 Å². The van der Waals surface area contributed by atoms with Crippen LogP contribution in [0.1, 0.15) is 21.2 Å². The predicted octanol–water partition coefficient (Wildman–Crippen LogP) is 3.26. The van der Waals surface area contributed by atoms with Crippen molar-refractivity contribution in [2.45, 2.75) is 13.8 Å². The molecule has 0 bridgehead atoms. The Balaban J connectivity index is 1.92.